The van der Waals surface area contributed by atoms with Gasteiger partial charge in [0.1, 0.15) is 18.0 Å². The predicted octanol–water partition coefficient (Wildman–Crippen LogP) is 0.262. The van der Waals surface area contributed by atoms with Gasteiger partial charge in [-0.3, -0.25) is 0 Å². The van der Waals surface area contributed by atoms with Crippen molar-refractivity contribution in [1.29, 1.82) is 10.5 Å². The van der Waals surface area contributed by atoms with Gasteiger partial charge in [-0.25, -0.2) is 9.97 Å². The lowest BCUT2D eigenvalue weighted by atomic mass is 10.3. The molecule has 0 unspecified atom stereocenters. The van der Waals surface area contributed by atoms with Gasteiger partial charge in [0.2, 0.25) is 0 Å². The molecule has 0 bridgehead atoms. The van der Waals surface area contributed by atoms with Gasteiger partial charge in [-0.2, -0.15) is 10.5 Å². The molecule has 0 atom stereocenters. The smallest absolute Gasteiger partial charge is 0.179 e. The summed E-state index contributed by atoms with van der Waals surface area (Å²) in [6.45, 7) is 0. The second-order valence-electron chi connectivity index (χ2n) is 1.93. The monoisotopic (exact) mass is 159 g/mol. The molecule has 1 aromatic rings. The van der Waals surface area contributed by atoms with E-state index in [0.717, 1.165) is 0 Å². The second kappa shape index (κ2) is 3.31. The number of hydrogen-bond donors (Lipinski definition) is 1. The Morgan fingerprint density at radius 2 is 2.00 bits per heavy atom. The average Bonchev–Trinajstić information content (AvgIpc) is 2.16. The van der Waals surface area contributed by atoms with Crippen LogP contribution in [0.5, 0.6) is 0 Å². The van der Waals surface area contributed by atoms with Gasteiger partial charge >= 0.3 is 0 Å². The molecule has 5 nitrogen and oxygen atoms in total. The van der Waals surface area contributed by atoms with E-state index < -0.39 is 0 Å². The molecule has 0 amide bonds. The third-order valence-electron chi connectivity index (χ3n) is 1.24. The minimum absolute atomic E-state index is 0.0457. The van der Waals surface area contributed by atoms with Crippen molar-refractivity contribution in [3.63, 3.8) is 0 Å². The molecule has 12 heavy (non-hydrogen) atoms. The molecular formula is C7H5N5. The molecule has 1 aromatic heterocycles. The lowest BCUT2D eigenvalue weighted by Gasteiger charge is -1.97. The number of hydrogen-bond acceptors (Lipinski definition) is 5. The van der Waals surface area contributed by atoms with Crippen molar-refractivity contribution in [2.45, 2.75) is 0 Å². The van der Waals surface area contributed by atoms with E-state index in [2.05, 4.69) is 15.3 Å². The first-order chi connectivity index (χ1) is 5.81. The summed E-state index contributed by atoms with van der Waals surface area (Å²) in [7, 11) is 1.66. The number of aromatic nitrogens is 2. The zero-order valence-electron chi connectivity index (χ0n) is 6.37. The Morgan fingerprint density at radius 1 is 1.33 bits per heavy atom. The van der Waals surface area contributed by atoms with E-state index in [1.54, 1.807) is 19.2 Å². The van der Waals surface area contributed by atoms with E-state index in [0.29, 0.717) is 5.82 Å². The molecule has 0 aromatic carbocycles. The SMILES string of the molecule is CNc1cnc(C#N)c(C#N)n1. The van der Waals surface area contributed by atoms with Gasteiger partial charge in [0, 0.05) is 7.05 Å². The molecule has 58 valence electrons. The van der Waals surface area contributed by atoms with E-state index in [1.165, 1.54) is 6.20 Å². The first-order valence-electron chi connectivity index (χ1n) is 3.16. The largest absolute Gasteiger partial charge is 0.372 e. The van der Waals surface area contributed by atoms with Crippen molar-refractivity contribution in [1.82, 2.24) is 9.97 Å². The highest BCUT2D eigenvalue weighted by Gasteiger charge is 2.04. The number of anilines is 1. The molecule has 1 heterocycles. The topological polar surface area (TPSA) is 85.4 Å². The summed E-state index contributed by atoms with van der Waals surface area (Å²) in [6, 6.07) is 3.56. The Kier molecular flexibility index (Phi) is 2.20. The van der Waals surface area contributed by atoms with Crippen molar-refractivity contribution in [3.8, 4) is 12.1 Å². The van der Waals surface area contributed by atoms with Gasteiger partial charge in [-0.1, -0.05) is 0 Å². The van der Waals surface area contributed by atoms with Crippen molar-refractivity contribution in [3.05, 3.63) is 17.6 Å². The van der Waals surface area contributed by atoms with Crippen LogP contribution in [0, 0.1) is 22.7 Å². The minimum atomic E-state index is 0.0457. The van der Waals surface area contributed by atoms with Gasteiger partial charge in [0.15, 0.2) is 11.4 Å². The highest BCUT2D eigenvalue weighted by Crippen LogP contribution is 2.04. The highest BCUT2D eigenvalue weighted by molar-refractivity contribution is 5.41. The van der Waals surface area contributed by atoms with Crippen LogP contribution in [0.15, 0.2) is 6.20 Å². The molecule has 0 aliphatic carbocycles. The third-order valence-corrected chi connectivity index (χ3v) is 1.24. The van der Waals surface area contributed by atoms with Crippen molar-refractivity contribution < 1.29 is 0 Å². The summed E-state index contributed by atoms with van der Waals surface area (Å²) in [5.74, 6) is 0.477. The summed E-state index contributed by atoms with van der Waals surface area (Å²) in [5.41, 5.74) is 0.0980. The molecule has 0 saturated heterocycles. The zero-order valence-corrected chi connectivity index (χ0v) is 6.37. The van der Waals surface area contributed by atoms with Crippen LogP contribution in [0.1, 0.15) is 11.4 Å². The third kappa shape index (κ3) is 1.30. The van der Waals surface area contributed by atoms with Crippen molar-refractivity contribution in [2.75, 3.05) is 12.4 Å². The standard InChI is InChI=1S/C7H5N5/c1-10-7-4-11-5(2-8)6(3-9)12-7/h4H,1H3,(H,10,12). The fourth-order valence-electron chi connectivity index (χ4n) is 0.669. The molecule has 0 aliphatic rings. The first kappa shape index (κ1) is 7.96. The van der Waals surface area contributed by atoms with Crippen LogP contribution >= 0.6 is 0 Å². The second-order valence-corrected chi connectivity index (χ2v) is 1.93. The maximum atomic E-state index is 8.54. The average molecular weight is 159 g/mol. The molecule has 5 heteroatoms. The Morgan fingerprint density at radius 3 is 2.50 bits per heavy atom. The molecule has 0 spiro atoms. The van der Waals surface area contributed by atoms with Gasteiger partial charge < -0.3 is 5.32 Å². The van der Waals surface area contributed by atoms with Crippen LogP contribution in [-0.4, -0.2) is 17.0 Å². The Hall–Kier alpha value is -2.14. The maximum Gasteiger partial charge on any atom is 0.179 e. The molecule has 1 rings (SSSR count). The molecule has 1 N–H and O–H groups in total. The maximum absolute atomic E-state index is 8.54. The van der Waals surface area contributed by atoms with Crippen LogP contribution < -0.4 is 5.32 Å². The molecule has 0 saturated carbocycles. The Balaban J connectivity index is 3.25. The normalized spacial score (nSPS) is 8.25. The fraction of sp³-hybridized carbons (Fsp3) is 0.143. The summed E-state index contributed by atoms with van der Waals surface area (Å²) in [4.78, 5) is 7.55. The number of nitriles is 2. The van der Waals surface area contributed by atoms with E-state index in [4.69, 9.17) is 10.5 Å². The first-order valence-corrected chi connectivity index (χ1v) is 3.16. The van der Waals surface area contributed by atoms with Crippen LogP contribution in [0.25, 0.3) is 0 Å². The molecule has 0 aliphatic heterocycles. The predicted molar refractivity (Wildman–Crippen MR) is 41.0 cm³/mol. The molecule has 0 radical (unpaired) electrons. The Labute approximate surface area is 69.3 Å². The lowest BCUT2D eigenvalue weighted by molar-refractivity contribution is 1.12. The van der Waals surface area contributed by atoms with Crippen molar-refractivity contribution in [2.24, 2.45) is 0 Å². The Bertz CT molecular complexity index is 370. The summed E-state index contributed by atoms with van der Waals surface area (Å²) < 4.78 is 0. The van der Waals surface area contributed by atoms with Gasteiger partial charge in [-0.05, 0) is 0 Å². The van der Waals surface area contributed by atoms with Crippen LogP contribution in [0.2, 0.25) is 0 Å². The quantitative estimate of drug-likeness (QED) is 0.635. The van der Waals surface area contributed by atoms with Crippen molar-refractivity contribution >= 4 is 5.82 Å². The molecule has 0 fully saturated rings. The summed E-state index contributed by atoms with van der Waals surface area (Å²) >= 11 is 0. The van der Waals surface area contributed by atoms with E-state index >= 15 is 0 Å². The van der Waals surface area contributed by atoms with E-state index in [1.807, 2.05) is 0 Å². The highest BCUT2D eigenvalue weighted by atomic mass is 15.0. The van der Waals surface area contributed by atoms with Gasteiger partial charge in [-0.15, -0.1) is 0 Å². The molecular weight excluding hydrogens is 154 g/mol. The van der Waals surface area contributed by atoms with Gasteiger partial charge in [0.05, 0.1) is 6.20 Å². The lowest BCUT2D eigenvalue weighted by Crippen LogP contribution is -1.99. The van der Waals surface area contributed by atoms with Crippen LogP contribution in [-0.2, 0) is 0 Å². The number of rotatable bonds is 1. The fourth-order valence-corrected chi connectivity index (χ4v) is 0.669. The number of nitrogens with zero attached hydrogens (tertiary/aromatic N) is 4. The van der Waals surface area contributed by atoms with Crippen LogP contribution in [0.4, 0.5) is 5.82 Å². The van der Waals surface area contributed by atoms with E-state index in [9.17, 15) is 0 Å². The van der Waals surface area contributed by atoms with Gasteiger partial charge in [0.25, 0.3) is 0 Å². The zero-order chi connectivity index (χ0) is 8.97. The van der Waals surface area contributed by atoms with Crippen LogP contribution in [0.3, 0.4) is 0 Å². The summed E-state index contributed by atoms with van der Waals surface area (Å²) in [6.07, 6.45) is 1.40. The number of nitrogens with one attached hydrogen (secondary N) is 1. The van der Waals surface area contributed by atoms with E-state index in [-0.39, 0.29) is 11.4 Å². The summed E-state index contributed by atoms with van der Waals surface area (Å²) in [5, 5.41) is 19.7. The minimum Gasteiger partial charge on any atom is -0.372 e.